The van der Waals surface area contributed by atoms with Crippen molar-refractivity contribution in [2.75, 3.05) is 13.7 Å². The van der Waals surface area contributed by atoms with Gasteiger partial charge in [-0.2, -0.15) is 5.10 Å². The van der Waals surface area contributed by atoms with Gasteiger partial charge in [-0.05, 0) is 17.5 Å². The van der Waals surface area contributed by atoms with Crippen molar-refractivity contribution in [3.8, 4) is 11.4 Å². The maximum atomic E-state index is 12.5. The first kappa shape index (κ1) is 15.4. The van der Waals surface area contributed by atoms with E-state index in [2.05, 4.69) is 20.5 Å². The Hall–Kier alpha value is -2.51. The summed E-state index contributed by atoms with van der Waals surface area (Å²) in [4.78, 5) is 17.7. The summed E-state index contributed by atoms with van der Waals surface area (Å²) in [6.07, 6.45) is 1.26. The molecule has 6 nitrogen and oxygen atoms in total. The molecule has 7 heteroatoms. The molecule has 0 unspecified atom stereocenters. The molecule has 1 aromatic carbocycles. The Morgan fingerprint density at radius 3 is 2.91 bits per heavy atom. The van der Waals surface area contributed by atoms with Crippen molar-refractivity contribution >= 4 is 17.2 Å². The molecule has 0 saturated carbocycles. The molecule has 0 saturated heterocycles. The molecule has 3 aromatic rings. The van der Waals surface area contributed by atoms with Gasteiger partial charge >= 0.3 is 0 Å². The SMILES string of the molecule is CO[C@@H](CNC(=O)c1ccccc1-c1ncn[nH]1)c1cccs1. The summed E-state index contributed by atoms with van der Waals surface area (Å²) in [5.74, 6) is 0.396. The Balaban J connectivity index is 1.74. The molecule has 1 atom stereocenters. The fourth-order valence-corrected chi connectivity index (χ4v) is 3.08. The van der Waals surface area contributed by atoms with E-state index < -0.39 is 0 Å². The Bertz CT molecular complexity index is 756. The second-order valence-corrected chi connectivity index (χ2v) is 5.81. The molecule has 0 radical (unpaired) electrons. The van der Waals surface area contributed by atoms with Gasteiger partial charge in [-0.25, -0.2) is 4.98 Å². The summed E-state index contributed by atoms with van der Waals surface area (Å²) in [6.45, 7) is 0.403. The zero-order valence-electron chi connectivity index (χ0n) is 12.5. The molecule has 0 bridgehead atoms. The lowest BCUT2D eigenvalue weighted by molar-refractivity contribution is 0.0838. The number of carbonyl (C=O) groups excluding carboxylic acids is 1. The molecule has 2 N–H and O–H groups in total. The van der Waals surface area contributed by atoms with Crippen molar-refractivity contribution in [2.24, 2.45) is 0 Å². The van der Waals surface area contributed by atoms with E-state index in [1.807, 2.05) is 35.7 Å². The van der Waals surface area contributed by atoms with E-state index in [9.17, 15) is 4.79 Å². The topological polar surface area (TPSA) is 79.9 Å². The van der Waals surface area contributed by atoms with Gasteiger partial charge in [0.15, 0.2) is 5.82 Å². The van der Waals surface area contributed by atoms with Gasteiger partial charge in [-0.15, -0.1) is 11.3 Å². The van der Waals surface area contributed by atoms with Crippen LogP contribution in [0.15, 0.2) is 48.1 Å². The van der Waals surface area contributed by atoms with Crippen LogP contribution in [0.5, 0.6) is 0 Å². The number of aromatic nitrogens is 3. The number of thiophene rings is 1. The monoisotopic (exact) mass is 328 g/mol. The molecule has 0 fully saturated rings. The average Bonchev–Trinajstić information content (AvgIpc) is 3.29. The number of amides is 1. The standard InChI is InChI=1S/C16H16N4O2S/c1-22-13(14-7-4-8-23-14)9-17-16(21)12-6-3-2-5-11(12)15-18-10-19-20-15/h2-8,10,13H,9H2,1H3,(H,17,21)(H,18,19,20)/t13-/m0/s1. The molecule has 0 aliphatic rings. The number of hydrogen-bond acceptors (Lipinski definition) is 5. The Morgan fingerprint density at radius 2 is 2.22 bits per heavy atom. The Morgan fingerprint density at radius 1 is 1.35 bits per heavy atom. The van der Waals surface area contributed by atoms with Crippen molar-refractivity contribution in [1.29, 1.82) is 0 Å². The van der Waals surface area contributed by atoms with Crippen LogP contribution in [-0.2, 0) is 4.74 Å². The molecule has 0 spiro atoms. The fourth-order valence-electron chi connectivity index (χ4n) is 2.28. The van der Waals surface area contributed by atoms with Gasteiger partial charge < -0.3 is 10.1 Å². The van der Waals surface area contributed by atoms with Crippen molar-refractivity contribution < 1.29 is 9.53 Å². The molecule has 3 rings (SSSR count). The molecular weight excluding hydrogens is 312 g/mol. The van der Waals surface area contributed by atoms with Gasteiger partial charge in [0, 0.05) is 24.1 Å². The van der Waals surface area contributed by atoms with E-state index in [4.69, 9.17) is 4.74 Å². The summed E-state index contributed by atoms with van der Waals surface area (Å²) in [7, 11) is 1.64. The zero-order chi connectivity index (χ0) is 16.1. The normalized spacial score (nSPS) is 12.0. The van der Waals surface area contributed by atoms with Gasteiger partial charge in [0.1, 0.15) is 12.4 Å². The third-order valence-corrected chi connectivity index (χ3v) is 4.40. The van der Waals surface area contributed by atoms with Crippen LogP contribution >= 0.6 is 11.3 Å². The van der Waals surface area contributed by atoms with Crippen LogP contribution in [0.3, 0.4) is 0 Å². The van der Waals surface area contributed by atoms with Gasteiger partial charge in [0.05, 0.1) is 5.56 Å². The summed E-state index contributed by atoms with van der Waals surface area (Å²) < 4.78 is 5.45. The van der Waals surface area contributed by atoms with E-state index in [1.165, 1.54) is 6.33 Å². The quantitative estimate of drug-likeness (QED) is 0.729. The number of hydrogen-bond donors (Lipinski definition) is 2. The van der Waals surface area contributed by atoms with E-state index >= 15 is 0 Å². The Labute approximate surface area is 137 Å². The van der Waals surface area contributed by atoms with Crippen LogP contribution in [-0.4, -0.2) is 34.7 Å². The van der Waals surface area contributed by atoms with Crippen LogP contribution in [0.25, 0.3) is 11.4 Å². The van der Waals surface area contributed by atoms with Crippen LogP contribution in [0.2, 0.25) is 0 Å². The van der Waals surface area contributed by atoms with Crippen LogP contribution < -0.4 is 5.32 Å². The van der Waals surface area contributed by atoms with Crippen molar-refractivity contribution in [3.63, 3.8) is 0 Å². The smallest absolute Gasteiger partial charge is 0.252 e. The fraction of sp³-hybridized carbons (Fsp3) is 0.188. The minimum Gasteiger partial charge on any atom is -0.374 e. The van der Waals surface area contributed by atoms with Crippen molar-refractivity contribution in [3.05, 3.63) is 58.5 Å². The summed E-state index contributed by atoms with van der Waals surface area (Å²) >= 11 is 1.60. The molecule has 118 valence electrons. The second kappa shape index (κ2) is 7.17. The second-order valence-electron chi connectivity index (χ2n) is 4.83. The highest BCUT2D eigenvalue weighted by molar-refractivity contribution is 7.10. The van der Waals surface area contributed by atoms with Crippen LogP contribution in [0, 0.1) is 0 Å². The van der Waals surface area contributed by atoms with Gasteiger partial charge in [-0.3, -0.25) is 9.89 Å². The lowest BCUT2D eigenvalue weighted by Crippen LogP contribution is -2.29. The number of nitrogens with zero attached hydrogens (tertiary/aromatic N) is 2. The van der Waals surface area contributed by atoms with Gasteiger partial charge in [-0.1, -0.05) is 24.3 Å². The number of methoxy groups -OCH3 is 1. The van der Waals surface area contributed by atoms with E-state index in [0.717, 1.165) is 4.88 Å². The predicted octanol–water partition coefficient (Wildman–Crippen LogP) is 2.65. The molecule has 23 heavy (non-hydrogen) atoms. The van der Waals surface area contributed by atoms with Crippen LogP contribution in [0.4, 0.5) is 0 Å². The molecule has 0 aliphatic carbocycles. The van der Waals surface area contributed by atoms with Gasteiger partial charge in [0.2, 0.25) is 0 Å². The maximum Gasteiger partial charge on any atom is 0.252 e. The largest absolute Gasteiger partial charge is 0.374 e. The highest BCUT2D eigenvalue weighted by Crippen LogP contribution is 2.22. The van der Waals surface area contributed by atoms with E-state index in [0.29, 0.717) is 23.5 Å². The molecular formula is C16H16N4O2S. The number of H-pyrrole nitrogens is 1. The predicted molar refractivity (Wildman–Crippen MR) is 88.2 cm³/mol. The first-order chi connectivity index (χ1) is 11.3. The molecule has 1 amide bonds. The number of aromatic amines is 1. The summed E-state index contributed by atoms with van der Waals surface area (Å²) in [5, 5.41) is 11.5. The average molecular weight is 328 g/mol. The number of benzene rings is 1. The lowest BCUT2D eigenvalue weighted by Gasteiger charge is -2.15. The van der Waals surface area contributed by atoms with Crippen molar-refractivity contribution in [1.82, 2.24) is 20.5 Å². The Kier molecular flexibility index (Phi) is 4.80. The third-order valence-electron chi connectivity index (χ3n) is 3.43. The van der Waals surface area contributed by atoms with Crippen molar-refractivity contribution in [2.45, 2.75) is 6.10 Å². The summed E-state index contributed by atoms with van der Waals surface area (Å²) in [5.41, 5.74) is 1.26. The highest BCUT2D eigenvalue weighted by atomic mass is 32.1. The minimum atomic E-state index is -0.171. The number of rotatable bonds is 6. The molecule has 0 aliphatic heterocycles. The minimum absolute atomic E-state index is 0.156. The number of ether oxygens (including phenoxy) is 1. The first-order valence-electron chi connectivity index (χ1n) is 7.08. The third kappa shape index (κ3) is 3.46. The van der Waals surface area contributed by atoms with Crippen LogP contribution in [0.1, 0.15) is 21.3 Å². The number of carbonyl (C=O) groups is 1. The van der Waals surface area contributed by atoms with E-state index in [-0.39, 0.29) is 12.0 Å². The number of nitrogens with one attached hydrogen (secondary N) is 2. The highest BCUT2D eigenvalue weighted by Gasteiger charge is 2.17. The molecule has 2 heterocycles. The summed E-state index contributed by atoms with van der Waals surface area (Å²) in [6, 6.07) is 11.2. The lowest BCUT2D eigenvalue weighted by atomic mass is 10.1. The molecule has 2 aromatic heterocycles. The van der Waals surface area contributed by atoms with E-state index in [1.54, 1.807) is 24.5 Å². The first-order valence-corrected chi connectivity index (χ1v) is 7.96. The zero-order valence-corrected chi connectivity index (χ0v) is 13.3. The van der Waals surface area contributed by atoms with Gasteiger partial charge in [0.25, 0.3) is 5.91 Å². The maximum absolute atomic E-state index is 12.5.